The Hall–Kier alpha value is -0.860. The van der Waals surface area contributed by atoms with E-state index in [4.69, 9.17) is 4.99 Å². The Morgan fingerprint density at radius 2 is 2.14 bits per heavy atom. The summed E-state index contributed by atoms with van der Waals surface area (Å²) in [5, 5.41) is 3.35. The topological polar surface area (TPSA) is 41.5 Å². The van der Waals surface area contributed by atoms with E-state index in [0.29, 0.717) is 18.4 Å². The molecule has 2 bridgehead atoms. The third-order valence-corrected chi connectivity index (χ3v) is 6.54. The van der Waals surface area contributed by atoms with Crippen LogP contribution < -0.4 is 5.32 Å². The highest BCUT2D eigenvalue weighted by molar-refractivity contribution is 5.84. The van der Waals surface area contributed by atoms with E-state index in [-0.39, 0.29) is 22.8 Å². The average molecular weight is 306 g/mol. The number of aliphatic imine (C=N–C) groups is 1. The highest BCUT2D eigenvalue weighted by Crippen LogP contribution is 2.47. The van der Waals surface area contributed by atoms with Gasteiger partial charge in [-0.1, -0.05) is 40.5 Å². The summed E-state index contributed by atoms with van der Waals surface area (Å²) in [4.78, 5) is 17.7. The summed E-state index contributed by atoms with van der Waals surface area (Å²) in [7, 11) is 0. The van der Waals surface area contributed by atoms with Crippen LogP contribution in [0.1, 0.15) is 73.1 Å². The van der Waals surface area contributed by atoms with Crippen molar-refractivity contribution in [3.8, 4) is 0 Å². The van der Waals surface area contributed by atoms with Crippen molar-refractivity contribution in [2.45, 2.75) is 79.2 Å². The first-order valence-corrected chi connectivity index (χ1v) is 9.24. The molecule has 2 aliphatic heterocycles. The van der Waals surface area contributed by atoms with Crippen LogP contribution in [0.3, 0.4) is 0 Å². The van der Waals surface area contributed by atoms with Crippen LogP contribution in [0.15, 0.2) is 4.99 Å². The zero-order valence-corrected chi connectivity index (χ0v) is 15.1. The van der Waals surface area contributed by atoms with Crippen LogP contribution in [0.5, 0.6) is 0 Å². The van der Waals surface area contributed by atoms with Crippen molar-refractivity contribution >= 4 is 12.1 Å². The third-order valence-electron chi connectivity index (χ3n) is 6.54. The second-order valence-corrected chi connectivity index (χ2v) is 7.88. The molecule has 1 fully saturated rings. The molecule has 126 valence electrons. The lowest BCUT2D eigenvalue weighted by atomic mass is 9.64. The normalized spacial score (nSPS) is 38.5. The van der Waals surface area contributed by atoms with E-state index in [1.165, 1.54) is 19.3 Å². The molecule has 0 aromatic carbocycles. The van der Waals surface area contributed by atoms with E-state index in [1.54, 1.807) is 0 Å². The summed E-state index contributed by atoms with van der Waals surface area (Å²) < 4.78 is 0. The molecule has 3 nitrogen and oxygen atoms in total. The second kappa shape index (κ2) is 6.72. The Kier molecular flexibility index (Phi) is 5.34. The van der Waals surface area contributed by atoms with Gasteiger partial charge in [0.2, 0.25) is 5.91 Å². The summed E-state index contributed by atoms with van der Waals surface area (Å²) in [6.07, 6.45) is 9.16. The first-order valence-electron chi connectivity index (χ1n) is 9.24. The van der Waals surface area contributed by atoms with Gasteiger partial charge in [0, 0.05) is 17.7 Å². The lowest BCUT2D eigenvalue weighted by Crippen LogP contribution is -2.48. The number of hydrogen-bond donors (Lipinski definition) is 1. The predicted molar refractivity (Wildman–Crippen MR) is 93.2 cm³/mol. The summed E-state index contributed by atoms with van der Waals surface area (Å²) in [5.41, 5.74) is -0.139. The van der Waals surface area contributed by atoms with Gasteiger partial charge in [0.1, 0.15) is 0 Å². The van der Waals surface area contributed by atoms with Crippen molar-refractivity contribution in [2.75, 3.05) is 6.54 Å². The molecular weight excluding hydrogens is 272 g/mol. The van der Waals surface area contributed by atoms with Gasteiger partial charge in [-0.3, -0.25) is 9.79 Å². The maximum absolute atomic E-state index is 12.9. The van der Waals surface area contributed by atoms with Gasteiger partial charge in [-0.2, -0.15) is 0 Å². The number of carbonyl (C=O) groups is 1. The van der Waals surface area contributed by atoms with Crippen molar-refractivity contribution in [3.63, 3.8) is 0 Å². The summed E-state index contributed by atoms with van der Waals surface area (Å²) in [6, 6.07) is 0.245. The number of hydrogen-bond acceptors (Lipinski definition) is 2. The molecule has 0 aromatic rings. The van der Waals surface area contributed by atoms with Crippen LogP contribution in [0.2, 0.25) is 0 Å². The zero-order chi connectivity index (χ0) is 16.4. The fourth-order valence-electron chi connectivity index (χ4n) is 4.67. The Morgan fingerprint density at radius 3 is 2.73 bits per heavy atom. The van der Waals surface area contributed by atoms with E-state index < -0.39 is 0 Å². The number of fused-ring (bicyclic) bond motifs is 3. The fraction of sp³-hybridized carbons (Fsp3) is 0.895. The molecule has 3 unspecified atom stereocenters. The molecule has 0 aromatic heterocycles. The van der Waals surface area contributed by atoms with Crippen LogP contribution in [-0.2, 0) is 4.79 Å². The Balaban J connectivity index is 2.43. The number of nitrogens with one attached hydrogen (secondary N) is 1. The molecule has 2 aliphatic rings. The van der Waals surface area contributed by atoms with Gasteiger partial charge in [0.05, 0.1) is 12.0 Å². The molecule has 0 aliphatic carbocycles. The molecular formula is C19H34N2O. The highest BCUT2D eigenvalue weighted by atomic mass is 16.2. The Bertz CT molecular complexity index is 431. The first-order chi connectivity index (χ1) is 10.4. The minimum absolute atomic E-state index is 0.163. The van der Waals surface area contributed by atoms with Crippen LogP contribution in [0.25, 0.3) is 0 Å². The third kappa shape index (κ3) is 2.83. The summed E-state index contributed by atoms with van der Waals surface area (Å²) >= 11 is 0. The molecule has 22 heavy (non-hydrogen) atoms. The summed E-state index contributed by atoms with van der Waals surface area (Å²) in [6.45, 7) is 11.7. The summed E-state index contributed by atoms with van der Waals surface area (Å²) in [5.74, 6) is 1.08. The SMILES string of the molecule is CCCCC1(CC)C=NCC2(C(C)C)CC[C@H]1C(C)NC2=O. The van der Waals surface area contributed by atoms with Gasteiger partial charge in [-0.25, -0.2) is 0 Å². The van der Waals surface area contributed by atoms with Gasteiger partial charge in [0.25, 0.3) is 0 Å². The van der Waals surface area contributed by atoms with Gasteiger partial charge >= 0.3 is 0 Å². The second-order valence-electron chi connectivity index (χ2n) is 7.88. The quantitative estimate of drug-likeness (QED) is 0.812. The minimum Gasteiger partial charge on any atom is -0.353 e. The largest absolute Gasteiger partial charge is 0.353 e. The van der Waals surface area contributed by atoms with Crippen LogP contribution in [0.4, 0.5) is 0 Å². The van der Waals surface area contributed by atoms with E-state index >= 15 is 0 Å². The standard InChI is InChI=1S/C19H34N2O/c1-6-8-10-18(7-2)12-20-13-19(14(3)4)11-9-16(18)15(5)21-17(19)22/h12,14-16H,6-11,13H2,1-5H3,(H,21,22)/t15?,16-,18?,19?/m0/s1. The van der Waals surface area contributed by atoms with E-state index in [0.717, 1.165) is 19.3 Å². The van der Waals surface area contributed by atoms with Crippen molar-refractivity contribution in [1.29, 1.82) is 0 Å². The van der Waals surface area contributed by atoms with E-state index in [1.807, 2.05) is 0 Å². The van der Waals surface area contributed by atoms with Gasteiger partial charge in [-0.15, -0.1) is 0 Å². The Labute approximate surface area is 136 Å². The molecule has 0 saturated carbocycles. The highest BCUT2D eigenvalue weighted by Gasteiger charge is 2.50. The number of unbranched alkanes of at least 4 members (excludes halogenated alkanes) is 1. The van der Waals surface area contributed by atoms with Crippen molar-refractivity contribution < 1.29 is 4.79 Å². The maximum Gasteiger partial charge on any atom is 0.228 e. The molecule has 0 spiro atoms. The van der Waals surface area contributed by atoms with Gasteiger partial charge < -0.3 is 5.32 Å². The maximum atomic E-state index is 12.9. The monoisotopic (exact) mass is 306 g/mol. The lowest BCUT2D eigenvalue weighted by Gasteiger charge is -2.41. The number of rotatable bonds is 5. The minimum atomic E-state index is -0.301. The lowest BCUT2D eigenvalue weighted by molar-refractivity contribution is -0.133. The van der Waals surface area contributed by atoms with Crippen LogP contribution >= 0.6 is 0 Å². The molecule has 1 amide bonds. The molecule has 2 heterocycles. The van der Waals surface area contributed by atoms with Gasteiger partial charge in [0.15, 0.2) is 0 Å². The molecule has 1 N–H and O–H groups in total. The van der Waals surface area contributed by atoms with E-state index in [2.05, 4.69) is 46.2 Å². The molecule has 0 radical (unpaired) electrons. The zero-order valence-electron chi connectivity index (χ0n) is 15.1. The Morgan fingerprint density at radius 1 is 1.41 bits per heavy atom. The van der Waals surface area contributed by atoms with Crippen molar-refractivity contribution in [2.24, 2.45) is 27.7 Å². The number of carbonyl (C=O) groups excluding carboxylic acids is 1. The predicted octanol–water partition coefficient (Wildman–Crippen LogP) is 4.21. The number of amides is 1. The smallest absolute Gasteiger partial charge is 0.228 e. The van der Waals surface area contributed by atoms with Crippen LogP contribution in [0, 0.1) is 22.7 Å². The van der Waals surface area contributed by atoms with Gasteiger partial charge in [-0.05, 0) is 44.4 Å². The van der Waals surface area contributed by atoms with Crippen molar-refractivity contribution in [3.05, 3.63) is 0 Å². The van der Waals surface area contributed by atoms with Crippen LogP contribution in [-0.4, -0.2) is 24.7 Å². The van der Waals surface area contributed by atoms with Crippen molar-refractivity contribution in [1.82, 2.24) is 5.32 Å². The molecule has 2 rings (SSSR count). The number of nitrogens with zero attached hydrogens (tertiary/aromatic N) is 1. The fourth-order valence-corrected chi connectivity index (χ4v) is 4.67. The molecule has 1 saturated heterocycles. The first kappa shape index (κ1) is 17.5. The average Bonchev–Trinajstić information content (AvgIpc) is 2.56. The molecule has 3 heteroatoms. The van der Waals surface area contributed by atoms with E-state index in [9.17, 15) is 4.79 Å². The molecule has 4 atom stereocenters.